The first kappa shape index (κ1) is 45.0. The Morgan fingerprint density at radius 3 is 1.12 bits per heavy atom. The first-order chi connectivity index (χ1) is 37.4. The Morgan fingerprint density at radius 2 is 0.727 bits per heavy atom. The fourth-order valence-corrected chi connectivity index (χ4v) is 11.3. The van der Waals surface area contributed by atoms with Crippen LogP contribution in [-0.4, -0.2) is 19.9 Å². The minimum atomic E-state index is 0. The van der Waals surface area contributed by atoms with Crippen LogP contribution in [0.3, 0.4) is 0 Å². The van der Waals surface area contributed by atoms with Crippen LogP contribution in [0, 0.1) is 40.6 Å². The molecular formula is C66H30N10Pt. The maximum atomic E-state index is 10.6. The topological polar surface area (TPSA) is 155 Å². The van der Waals surface area contributed by atoms with E-state index in [1.165, 1.54) is 0 Å². The molecule has 0 spiro atoms. The Balaban J connectivity index is 0.00000540. The molecule has 354 valence electrons. The van der Waals surface area contributed by atoms with Crippen LogP contribution in [0.1, 0.15) is 16.7 Å². The van der Waals surface area contributed by atoms with Crippen molar-refractivity contribution >= 4 is 92.6 Å². The number of fused-ring (bicyclic) bond motifs is 24. The fraction of sp³-hybridized carbons (Fsp3) is 0. The van der Waals surface area contributed by atoms with Crippen molar-refractivity contribution in [1.29, 1.82) is 15.8 Å². The van der Waals surface area contributed by atoms with E-state index in [4.69, 9.17) is 36.5 Å². The van der Waals surface area contributed by atoms with Gasteiger partial charge in [0.05, 0.1) is 58.9 Å². The van der Waals surface area contributed by atoms with Gasteiger partial charge < -0.3 is 19.9 Å². The van der Waals surface area contributed by atoms with Crippen LogP contribution in [0.4, 0.5) is 5.69 Å². The van der Waals surface area contributed by atoms with Crippen molar-refractivity contribution in [3.05, 3.63) is 210 Å². The summed E-state index contributed by atoms with van der Waals surface area (Å²) in [6.45, 7) is 8.26. The average Bonchev–Trinajstić information content (AvgIpc) is 4.39. The average molecular weight is 1160 g/mol. The first-order valence-electron chi connectivity index (χ1n) is 24.4. The van der Waals surface area contributed by atoms with E-state index >= 15 is 0 Å². The van der Waals surface area contributed by atoms with Crippen molar-refractivity contribution in [2.75, 3.05) is 0 Å². The second-order valence-electron chi connectivity index (χ2n) is 19.1. The summed E-state index contributed by atoms with van der Waals surface area (Å²) in [6, 6.07) is 66.7. The van der Waals surface area contributed by atoms with Crippen LogP contribution in [0.2, 0.25) is 0 Å². The van der Waals surface area contributed by atoms with Crippen molar-refractivity contribution < 1.29 is 21.1 Å². The van der Waals surface area contributed by atoms with E-state index in [1.807, 2.05) is 48.5 Å². The van der Waals surface area contributed by atoms with E-state index in [-0.39, 0.29) is 37.9 Å². The molecule has 11 heteroatoms. The SMILES string of the molecule is [C-]#[N+]c1cc(C#N)cc(-c2c3nc(c(-c4cc(C#N)cc(C#N)c4)c4[n-]c(nc5nc(nc6[n-]c2c2cc7ccccc7cc62)-c2cc6ccccc6cc2-5)c2cc5ccccc5cc42)-c2cc4ccccc4cc2-3)c1.[Pt+2]. The van der Waals surface area contributed by atoms with Gasteiger partial charge in [-0.1, -0.05) is 97.1 Å². The third-order valence-electron chi connectivity index (χ3n) is 14.7. The predicted octanol–water partition coefficient (Wildman–Crippen LogP) is 15.4. The van der Waals surface area contributed by atoms with E-state index < -0.39 is 0 Å². The molecule has 2 aliphatic heterocycles. The summed E-state index contributed by atoms with van der Waals surface area (Å²) < 4.78 is 0. The Labute approximate surface area is 452 Å². The van der Waals surface area contributed by atoms with Gasteiger partial charge in [0.1, 0.15) is 0 Å². The van der Waals surface area contributed by atoms with Crippen molar-refractivity contribution in [2.45, 2.75) is 0 Å². The van der Waals surface area contributed by atoms with Gasteiger partial charge in [0.2, 0.25) is 0 Å². The molecule has 5 heterocycles. The van der Waals surface area contributed by atoms with Gasteiger partial charge in [0, 0.05) is 38.9 Å². The molecule has 0 aliphatic carbocycles. The van der Waals surface area contributed by atoms with Crippen LogP contribution in [-0.2, 0) is 21.1 Å². The maximum Gasteiger partial charge on any atom is 2.00 e. The summed E-state index contributed by atoms with van der Waals surface area (Å²) >= 11 is 0. The van der Waals surface area contributed by atoms with Crippen molar-refractivity contribution in [3.8, 4) is 85.8 Å². The molecule has 0 saturated carbocycles. The molecule has 8 bridgehead atoms. The molecule has 13 aromatic rings. The van der Waals surface area contributed by atoms with Gasteiger partial charge in [0.15, 0.2) is 5.69 Å². The third-order valence-corrected chi connectivity index (χ3v) is 14.7. The summed E-state index contributed by atoms with van der Waals surface area (Å²) in [5.41, 5.74) is 9.40. The standard InChI is InChI=1S/C66H30N10.Pt/c1-70-48-22-37(34-69)21-47(23-48)58-60-50-25-39-11-3-2-10-38(39)24-49(50)59(71-60)57(46-19-35(32-67)18-36(20-46)33-68)61-51-26-40-12-4-6-14-42(40)28-53(51)63(72-61)74-65-55-30-44-16-8-9-17-45(44)31-56(55)66(76-65)75-64-54-29-43-15-7-5-13-41(43)27-52(54)62(58)73-64;/h2-31H;/q-2;+2. The van der Waals surface area contributed by atoms with Crippen molar-refractivity contribution in [1.82, 2.24) is 29.9 Å². The molecule has 3 aromatic heterocycles. The summed E-state index contributed by atoms with van der Waals surface area (Å²) in [7, 11) is 0. The monoisotopic (exact) mass is 1160 g/mol. The molecule has 0 saturated heterocycles. The van der Waals surface area contributed by atoms with Gasteiger partial charge in [-0.3, -0.25) is 4.98 Å². The third kappa shape index (κ3) is 7.03. The van der Waals surface area contributed by atoms with E-state index in [9.17, 15) is 15.8 Å². The van der Waals surface area contributed by atoms with Crippen LogP contribution in [0.5, 0.6) is 0 Å². The Bertz CT molecular complexity index is 4810. The Hall–Kier alpha value is -10.6. The van der Waals surface area contributed by atoms with Gasteiger partial charge in [0.25, 0.3) is 0 Å². The molecule has 0 unspecified atom stereocenters. The zero-order valence-electron chi connectivity index (χ0n) is 40.1. The minimum Gasteiger partial charge on any atom is -0.435 e. The summed E-state index contributed by atoms with van der Waals surface area (Å²) in [5.74, 6) is 0.843. The smallest absolute Gasteiger partial charge is 0.435 e. The van der Waals surface area contributed by atoms with E-state index in [1.54, 1.807) is 36.4 Å². The number of benzene rings is 10. The second kappa shape index (κ2) is 17.2. The maximum absolute atomic E-state index is 10.6. The molecule has 0 amide bonds. The van der Waals surface area contributed by atoms with E-state index in [2.05, 4.69) is 120 Å². The number of nitrogens with zero attached hydrogens (tertiary/aromatic N) is 10. The van der Waals surface area contributed by atoms with Crippen LogP contribution >= 0.6 is 0 Å². The number of nitriles is 3. The second-order valence-corrected chi connectivity index (χ2v) is 19.1. The number of aromatic nitrogens is 6. The summed E-state index contributed by atoms with van der Waals surface area (Å²) in [5, 5.41) is 42.6. The summed E-state index contributed by atoms with van der Waals surface area (Å²) in [6.07, 6.45) is 0. The zero-order chi connectivity index (χ0) is 50.8. The molecule has 10 aromatic carbocycles. The van der Waals surface area contributed by atoms with Gasteiger partial charge in [-0.25, -0.2) is 9.83 Å². The van der Waals surface area contributed by atoms with Gasteiger partial charge in [-0.15, -0.1) is 0 Å². The Morgan fingerprint density at radius 1 is 0.377 bits per heavy atom. The molecule has 0 atom stereocenters. The molecule has 0 radical (unpaired) electrons. The molecule has 0 fully saturated rings. The van der Waals surface area contributed by atoms with E-state index in [0.717, 1.165) is 86.9 Å². The molecule has 10 nitrogen and oxygen atoms in total. The molecule has 0 N–H and O–H groups in total. The van der Waals surface area contributed by atoms with Crippen LogP contribution in [0.15, 0.2) is 182 Å². The first-order valence-corrected chi connectivity index (χ1v) is 24.4. The number of hydrogen-bond acceptors (Lipinski definition) is 7. The van der Waals surface area contributed by atoms with Crippen molar-refractivity contribution in [3.63, 3.8) is 0 Å². The van der Waals surface area contributed by atoms with Crippen LogP contribution in [0.25, 0.3) is 159 Å². The Kier molecular flexibility index (Phi) is 10.1. The molecule has 15 rings (SSSR count). The van der Waals surface area contributed by atoms with Gasteiger partial charge in [-0.2, -0.15) is 15.8 Å². The minimum absolute atomic E-state index is 0. The predicted molar refractivity (Wildman–Crippen MR) is 300 cm³/mol. The normalized spacial score (nSPS) is 11.5. The van der Waals surface area contributed by atoms with E-state index in [0.29, 0.717) is 73.2 Å². The quantitative estimate of drug-likeness (QED) is 0.154. The largest absolute Gasteiger partial charge is 2.00 e. The molecular weight excluding hydrogens is 1130 g/mol. The summed E-state index contributed by atoms with van der Waals surface area (Å²) in [4.78, 5) is 37.0. The number of rotatable bonds is 2. The van der Waals surface area contributed by atoms with Gasteiger partial charge >= 0.3 is 21.1 Å². The van der Waals surface area contributed by atoms with Gasteiger partial charge in [-0.05, 0) is 183 Å². The molecule has 2 aliphatic rings. The zero-order valence-corrected chi connectivity index (χ0v) is 42.4. The van der Waals surface area contributed by atoms with Crippen molar-refractivity contribution in [2.24, 2.45) is 0 Å². The van der Waals surface area contributed by atoms with Crippen LogP contribution < -0.4 is 9.97 Å². The fourth-order valence-electron chi connectivity index (χ4n) is 11.3. The number of hydrogen-bond donors (Lipinski definition) is 0. The molecule has 77 heavy (non-hydrogen) atoms.